The van der Waals surface area contributed by atoms with Gasteiger partial charge in [-0.15, -0.1) is 0 Å². The molecule has 0 aliphatic heterocycles. The van der Waals surface area contributed by atoms with Crippen LogP contribution in [0, 0.1) is 0 Å². The second-order valence-corrected chi connectivity index (χ2v) is 0.559. The Labute approximate surface area is 34.1 Å². The van der Waals surface area contributed by atoms with Crippen LogP contribution in [0.15, 0.2) is 18.3 Å². The number of halogens is 1. The minimum absolute atomic E-state index is 0.935. The maximum Gasteiger partial charge on any atom is 0.366 e. The third-order valence-electron chi connectivity index (χ3n) is 0.224. The summed E-state index contributed by atoms with van der Waals surface area (Å²) in [4.78, 5) is 2.70. The zero-order valence-corrected chi connectivity index (χ0v) is 2.94. The van der Waals surface area contributed by atoms with E-state index in [4.69, 9.17) is 5.11 Å². The van der Waals surface area contributed by atoms with Gasteiger partial charge in [-0.05, 0) is 12.3 Å². The number of hydrogen-bond acceptors (Lipinski definition) is 2. The van der Waals surface area contributed by atoms with Crippen molar-refractivity contribution in [3.63, 3.8) is 0 Å². The molecular weight excluding hydrogens is 87.0 g/mol. The summed E-state index contributed by atoms with van der Waals surface area (Å²) in [5, 5.41) is 7.81. The van der Waals surface area contributed by atoms with Gasteiger partial charge in [0, 0.05) is 4.53 Å². The summed E-state index contributed by atoms with van der Waals surface area (Å²) in [5.74, 6) is -0.935. The molecule has 0 aromatic carbocycles. The highest BCUT2D eigenvalue weighted by molar-refractivity contribution is 4.71. The van der Waals surface area contributed by atoms with E-state index in [1.165, 1.54) is 0 Å². The molecule has 0 fully saturated rings. The number of aliphatic hydroxyl groups is 1. The smallest absolute Gasteiger partial charge is 0.366 e. The van der Waals surface area contributed by atoms with E-state index in [0.29, 0.717) is 0 Å². The zero-order chi connectivity index (χ0) is 4.99. The number of aliphatic hydroxyl groups excluding tert-OH is 1. The van der Waals surface area contributed by atoms with Crippen molar-refractivity contribution in [2.45, 2.75) is 0 Å². The van der Waals surface area contributed by atoms with Crippen LogP contribution in [0.3, 0.4) is 0 Å². The summed E-state index contributed by atoms with van der Waals surface area (Å²) in [5.41, 5.74) is 1.74. The summed E-state index contributed by atoms with van der Waals surface area (Å²) >= 11 is 0. The molecule has 1 N–H and O–H groups in total. The second-order valence-electron chi connectivity index (χ2n) is 0.559. The van der Waals surface area contributed by atoms with Gasteiger partial charge in [-0.1, -0.05) is 0 Å². The van der Waals surface area contributed by atoms with Crippen LogP contribution in [0.4, 0.5) is 4.53 Å². The Balaban J connectivity index is 3.52. The molecule has 0 heterocycles. The molecule has 0 radical (unpaired) electrons. The molecule has 6 heavy (non-hydrogen) atoms. The molecule has 0 atom stereocenters. The van der Waals surface area contributed by atoms with Gasteiger partial charge in [-0.2, -0.15) is 0 Å². The van der Waals surface area contributed by atoms with Gasteiger partial charge in [0.1, 0.15) is 0 Å². The molecule has 34 valence electrons. The Kier molecular flexibility index (Phi) is 1.93. The molecule has 0 aromatic heterocycles. The molecule has 0 aliphatic carbocycles. The fourth-order valence-electron chi connectivity index (χ4n) is 0.0273. The van der Waals surface area contributed by atoms with Gasteiger partial charge in [0.2, 0.25) is 0 Å². The van der Waals surface area contributed by atoms with Crippen LogP contribution in [0.1, 0.15) is 0 Å². The van der Waals surface area contributed by atoms with Crippen LogP contribution in [0.25, 0.3) is 0 Å². The van der Waals surface area contributed by atoms with E-state index in [1.807, 2.05) is 0 Å². The molecular formula is C3H3FO2. The van der Waals surface area contributed by atoms with Crippen molar-refractivity contribution in [1.82, 2.24) is 0 Å². The number of hydrogen-bond donors (Lipinski definition) is 1. The highest BCUT2D eigenvalue weighted by atomic mass is 19.3. The first-order chi connectivity index (χ1) is 2.81. The molecule has 0 spiro atoms. The monoisotopic (exact) mass is 90.0 g/mol. The lowest BCUT2D eigenvalue weighted by atomic mass is 10.9. The lowest BCUT2D eigenvalue weighted by molar-refractivity contribution is -0.130. The third kappa shape index (κ3) is 1.38. The van der Waals surface area contributed by atoms with Crippen LogP contribution >= 0.6 is 0 Å². The molecule has 0 rings (SSSR count). The zero-order valence-electron chi connectivity index (χ0n) is 2.94. The molecule has 0 amide bonds. The molecule has 3 heteroatoms. The fraction of sp³-hybridized carbons (Fsp3) is 0. The van der Waals surface area contributed by atoms with Gasteiger partial charge < -0.3 is 5.11 Å². The van der Waals surface area contributed by atoms with Gasteiger partial charge in [0.25, 0.3) is 0 Å². The lowest BCUT2D eigenvalue weighted by Gasteiger charge is -1.77. The molecule has 0 saturated heterocycles. The Bertz CT molecular complexity index is 82.8. The Hall–Kier alpha value is -0.950. The molecule has 2 nitrogen and oxygen atoms in total. The van der Waals surface area contributed by atoms with Gasteiger partial charge >= 0.3 is 5.95 Å². The summed E-state index contributed by atoms with van der Waals surface area (Å²) in [6, 6.07) is 0. The van der Waals surface area contributed by atoms with Crippen molar-refractivity contribution >= 4 is 0 Å². The van der Waals surface area contributed by atoms with Crippen LogP contribution in [0.5, 0.6) is 0 Å². The fourth-order valence-corrected chi connectivity index (χ4v) is 0.0273. The Morgan fingerprint density at radius 3 is 2.50 bits per heavy atom. The predicted octanol–water partition coefficient (Wildman–Crippen LogP) is 1.07. The van der Waals surface area contributed by atoms with Crippen molar-refractivity contribution in [3.8, 4) is 0 Å². The van der Waals surface area contributed by atoms with Gasteiger partial charge in [0.05, 0.1) is 0 Å². The van der Waals surface area contributed by atoms with E-state index in [2.05, 4.69) is 11.5 Å². The Morgan fingerprint density at radius 2 is 2.50 bits per heavy atom. The van der Waals surface area contributed by atoms with E-state index in [0.717, 1.165) is 0 Å². The maximum absolute atomic E-state index is 10.5. The summed E-state index contributed by atoms with van der Waals surface area (Å²) < 4.78 is 10.5. The Morgan fingerprint density at radius 1 is 2.00 bits per heavy atom. The summed E-state index contributed by atoms with van der Waals surface area (Å²) in [6.07, 6.45) is 0. The molecule has 0 unspecified atom stereocenters. The quantitative estimate of drug-likeness (QED) is 0.385. The maximum atomic E-state index is 10.5. The van der Waals surface area contributed by atoms with Crippen LogP contribution in [-0.2, 0) is 4.94 Å². The topological polar surface area (TPSA) is 29.5 Å². The van der Waals surface area contributed by atoms with E-state index in [-0.39, 0.29) is 0 Å². The first kappa shape index (κ1) is 5.05. The largest absolute Gasteiger partial charge is 0.473 e. The van der Waals surface area contributed by atoms with Crippen LogP contribution < -0.4 is 0 Å². The molecule has 0 aromatic rings. The molecule has 0 bridgehead atoms. The minimum atomic E-state index is -0.935. The van der Waals surface area contributed by atoms with Gasteiger partial charge in [-0.25, -0.2) is 4.94 Å². The number of rotatable bonds is 1. The van der Waals surface area contributed by atoms with Crippen molar-refractivity contribution in [1.29, 1.82) is 0 Å². The van der Waals surface area contributed by atoms with Crippen molar-refractivity contribution in [3.05, 3.63) is 18.3 Å². The average Bonchev–Trinajstić information content (AvgIpc) is 1.65. The van der Waals surface area contributed by atoms with Gasteiger partial charge in [0.15, 0.2) is 0 Å². The summed E-state index contributed by atoms with van der Waals surface area (Å²) in [6.45, 7) is 2.85. The first-order valence-corrected chi connectivity index (χ1v) is 1.19. The third-order valence-corrected chi connectivity index (χ3v) is 0.224. The van der Waals surface area contributed by atoms with E-state index in [9.17, 15) is 4.53 Å². The first-order valence-electron chi connectivity index (χ1n) is 1.19. The highest BCUT2D eigenvalue weighted by Gasteiger charge is 1.80. The molecule has 0 saturated carbocycles. The lowest BCUT2D eigenvalue weighted by Crippen LogP contribution is -1.71. The highest BCUT2D eigenvalue weighted by Crippen LogP contribution is 1.83. The normalized spacial score (nSPS) is 6.17. The van der Waals surface area contributed by atoms with Crippen LogP contribution in [0.2, 0.25) is 0 Å². The standard InChI is InChI=1S/C3H3FO2/c1-2-3(5)6-4/h5H,1H2. The van der Waals surface area contributed by atoms with E-state index < -0.39 is 5.95 Å². The second kappa shape index (κ2) is 2.30. The SMILES string of the molecule is C=C=C(O)OF. The minimum Gasteiger partial charge on any atom is -0.473 e. The van der Waals surface area contributed by atoms with E-state index in [1.54, 1.807) is 5.73 Å². The van der Waals surface area contributed by atoms with E-state index >= 15 is 0 Å². The van der Waals surface area contributed by atoms with Crippen molar-refractivity contribution < 1.29 is 14.6 Å². The predicted molar refractivity (Wildman–Crippen MR) is 17.5 cm³/mol. The van der Waals surface area contributed by atoms with Gasteiger partial charge in [-0.3, -0.25) is 0 Å². The summed E-state index contributed by atoms with van der Waals surface area (Å²) in [7, 11) is 0. The van der Waals surface area contributed by atoms with Crippen molar-refractivity contribution in [2.75, 3.05) is 0 Å². The molecule has 0 aliphatic rings. The van der Waals surface area contributed by atoms with Crippen LogP contribution in [-0.4, -0.2) is 5.11 Å². The van der Waals surface area contributed by atoms with Crippen molar-refractivity contribution in [2.24, 2.45) is 0 Å². The average molecular weight is 90.1 g/mol.